The van der Waals surface area contributed by atoms with Crippen molar-refractivity contribution in [2.75, 3.05) is 0 Å². The highest BCUT2D eigenvalue weighted by molar-refractivity contribution is 9.10. The Morgan fingerprint density at radius 3 is 2.83 bits per heavy atom. The van der Waals surface area contributed by atoms with Crippen LogP contribution in [0.1, 0.15) is 12.0 Å². The Morgan fingerprint density at radius 2 is 2.25 bits per heavy atom. The van der Waals surface area contributed by atoms with Gasteiger partial charge >= 0.3 is 0 Å². The third kappa shape index (κ3) is 3.26. The molecule has 12 heavy (non-hydrogen) atoms. The molecule has 0 spiro atoms. The number of hydrogen-bond acceptors (Lipinski definition) is 1. The van der Waals surface area contributed by atoms with Crippen molar-refractivity contribution in [1.29, 1.82) is 0 Å². The van der Waals surface area contributed by atoms with Crippen LogP contribution in [0, 0.1) is 0 Å². The summed E-state index contributed by atoms with van der Waals surface area (Å²) >= 11 is 3.17. The average molecular weight is 236 g/mol. The smallest absolute Gasteiger partial charge is 0.239 e. The zero-order chi connectivity index (χ0) is 8.97. The van der Waals surface area contributed by atoms with Crippen molar-refractivity contribution in [2.24, 2.45) is 0 Å². The molecule has 0 atom stereocenters. The quantitative estimate of drug-likeness (QED) is 0.735. The minimum atomic E-state index is -2.23. The lowest BCUT2D eigenvalue weighted by molar-refractivity contribution is 0.138. The van der Waals surface area contributed by atoms with Crippen LogP contribution < -0.4 is 0 Å². The van der Waals surface area contributed by atoms with Gasteiger partial charge in [0.05, 0.1) is 0 Å². The highest BCUT2D eigenvalue weighted by atomic mass is 79.9. The maximum atomic E-state index is 11.8. The van der Waals surface area contributed by atoms with E-state index in [2.05, 4.69) is 20.9 Å². The van der Waals surface area contributed by atoms with E-state index in [4.69, 9.17) is 0 Å². The summed E-state index contributed by atoms with van der Waals surface area (Å²) in [6.07, 6.45) is -0.308. The van der Waals surface area contributed by atoms with Crippen molar-refractivity contribution >= 4 is 15.9 Å². The number of pyridine rings is 1. The number of aromatic nitrogens is 1. The second kappa shape index (κ2) is 4.50. The first kappa shape index (κ1) is 9.58. The summed E-state index contributed by atoms with van der Waals surface area (Å²) in [5, 5.41) is 0. The highest BCUT2D eigenvalue weighted by Crippen LogP contribution is 2.11. The molecule has 0 unspecified atom stereocenters. The summed E-state index contributed by atoms with van der Waals surface area (Å²) in [5.74, 6) is 0. The maximum Gasteiger partial charge on any atom is 0.239 e. The fourth-order valence-electron chi connectivity index (χ4n) is 0.874. The first-order valence-corrected chi connectivity index (χ1v) is 4.36. The molecule has 4 heteroatoms. The van der Waals surface area contributed by atoms with Gasteiger partial charge in [-0.1, -0.05) is 0 Å². The van der Waals surface area contributed by atoms with Gasteiger partial charge in [0.1, 0.15) is 4.60 Å². The molecule has 1 aromatic heterocycles. The van der Waals surface area contributed by atoms with Crippen LogP contribution in [0.25, 0.3) is 0 Å². The van der Waals surface area contributed by atoms with Crippen LogP contribution in [0.5, 0.6) is 0 Å². The van der Waals surface area contributed by atoms with Crippen LogP contribution >= 0.6 is 15.9 Å². The molecule has 66 valence electrons. The standard InChI is InChI=1S/C8H8BrF2N/c9-7-5-6(3-4-12-7)1-2-8(10)11/h3-5,8H,1-2H2. The van der Waals surface area contributed by atoms with E-state index in [-0.39, 0.29) is 6.42 Å². The Balaban J connectivity index is 2.52. The lowest BCUT2D eigenvalue weighted by atomic mass is 10.1. The zero-order valence-corrected chi connectivity index (χ0v) is 7.89. The Labute approximate surface area is 77.9 Å². The third-order valence-corrected chi connectivity index (χ3v) is 1.88. The Morgan fingerprint density at radius 1 is 1.50 bits per heavy atom. The van der Waals surface area contributed by atoms with Gasteiger partial charge in [0.15, 0.2) is 0 Å². The van der Waals surface area contributed by atoms with Crippen molar-refractivity contribution in [3.05, 3.63) is 28.5 Å². The molecule has 0 saturated carbocycles. The second-order valence-electron chi connectivity index (χ2n) is 2.42. The van der Waals surface area contributed by atoms with Crippen LogP contribution in [-0.4, -0.2) is 11.4 Å². The molecule has 0 bridgehead atoms. The van der Waals surface area contributed by atoms with Crippen LogP contribution in [0.3, 0.4) is 0 Å². The first-order chi connectivity index (χ1) is 5.68. The molecule has 0 aliphatic rings. The van der Waals surface area contributed by atoms with E-state index in [1.165, 1.54) is 0 Å². The summed E-state index contributed by atoms with van der Waals surface area (Å²) in [6, 6.07) is 3.50. The fourth-order valence-corrected chi connectivity index (χ4v) is 1.29. The number of aryl methyl sites for hydroxylation is 1. The van der Waals surface area contributed by atoms with E-state index in [1.54, 1.807) is 18.3 Å². The van der Waals surface area contributed by atoms with E-state index < -0.39 is 6.43 Å². The molecule has 0 amide bonds. The molecule has 0 N–H and O–H groups in total. The van der Waals surface area contributed by atoms with Crippen LogP contribution in [-0.2, 0) is 6.42 Å². The topological polar surface area (TPSA) is 12.9 Å². The van der Waals surface area contributed by atoms with E-state index in [0.29, 0.717) is 11.0 Å². The zero-order valence-electron chi connectivity index (χ0n) is 6.30. The third-order valence-electron chi connectivity index (χ3n) is 1.44. The average Bonchev–Trinajstić information content (AvgIpc) is 2.01. The molecule has 0 aliphatic heterocycles. The van der Waals surface area contributed by atoms with E-state index >= 15 is 0 Å². The Bertz CT molecular complexity index is 253. The van der Waals surface area contributed by atoms with Gasteiger partial charge in [-0.15, -0.1) is 0 Å². The van der Waals surface area contributed by atoms with Gasteiger partial charge in [0, 0.05) is 12.6 Å². The minimum absolute atomic E-state index is 0.0869. The lowest BCUT2D eigenvalue weighted by Crippen LogP contribution is -1.94. The Kier molecular flexibility index (Phi) is 3.59. The van der Waals surface area contributed by atoms with Gasteiger partial charge in [-0.25, -0.2) is 13.8 Å². The van der Waals surface area contributed by atoms with Crippen molar-refractivity contribution in [3.63, 3.8) is 0 Å². The van der Waals surface area contributed by atoms with E-state index in [1.807, 2.05) is 0 Å². The van der Waals surface area contributed by atoms with Crippen molar-refractivity contribution < 1.29 is 8.78 Å². The van der Waals surface area contributed by atoms with Crippen LogP contribution in [0.15, 0.2) is 22.9 Å². The van der Waals surface area contributed by atoms with Gasteiger partial charge in [-0.05, 0) is 40.0 Å². The molecule has 1 nitrogen and oxygen atoms in total. The van der Waals surface area contributed by atoms with Crippen molar-refractivity contribution in [1.82, 2.24) is 4.98 Å². The molecule has 0 saturated heterocycles. The molecule has 1 heterocycles. The maximum absolute atomic E-state index is 11.8. The largest absolute Gasteiger partial charge is 0.249 e. The SMILES string of the molecule is FC(F)CCc1ccnc(Br)c1. The monoisotopic (exact) mass is 235 g/mol. The molecule has 1 rings (SSSR count). The number of rotatable bonds is 3. The summed E-state index contributed by atoms with van der Waals surface area (Å²) in [4.78, 5) is 3.90. The number of hydrogen-bond donors (Lipinski definition) is 0. The predicted molar refractivity (Wildman–Crippen MR) is 46.3 cm³/mol. The molecule has 0 radical (unpaired) electrons. The molecule has 0 fully saturated rings. The first-order valence-electron chi connectivity index (χ1n) is 3.57. The number of nitrogens with zero attached hydrogens (tertiary/aromatic N) is 1. The summed E-state index contributed by atoms with van der Waals surface area (Å²) in [5.41, 5.74) is 0.886. The van der Waals surface area contributed by atoms with Gasteiger partial charge in [-0.3, -0.25) is 0 Å². The molecule has 0 aliphatic carbocycles. The van der Waals surface area contributed by atoms with Crippen LogP contribution in [0.2, 0.25) is 0 Å². The molecular weight excluding hydrogens is 228 g/mol. The van der Waals surface area contributed by atoms with Crippen molar-refractivity contribution in [3.8, 4) is 0 Å². The Hall–Kier alpha value is -0.510. The lowest BCUT2D eigenvalue weighted by Gasteiger charge is -1.99. The number of alkyl halides is 2. The van der Waals surface area contributed by atoms with E-state index in [9.17, 15) is 8.78 Å². The van der Waals surface area contributed by atoms with Gasteiger partial charge in [0.25, 0.3) is 0 Å². The highest BCUT2D eigenvalue weighted by Gasteiger charge is 2.02. The fraction of sp³-hybridized carbons (Fsp3) is 0.375. The number of halogens is 3. The van der Waals surface area contributed by atoms with Gasteiger partial charge < -0.3 is 0 Å². The van der Waals surface area contributed by atoms with Gasteiger partial charge in [0.2, 0.25) is 6.43 Å². The molecule has 0 aromatic carbocycles. The normalized spacial score (nSPS) is 10.7. The summed E-state index contributed by atoms with van der Waals surface area (Å²) in [6.45, 7) is 0. The second-order valence-corrected chi connectivity index (χ2v) is 3.23. The minimum Gasteiger partial charge on any atom is -0.249 e. The molecular formula is C8H8BrF2N. The molecule has 1 aromatic rings. The van der Waals surface area contributed by atoms with Crippen LogP contribution in [0.4, 0.5) is 8.78 Å². The summed E-state index contributed by atoms with van der Waals surface area (Å²) < 4.78 is 24.3. The summed E-state index contributed by atoms with van der Waals surface area (Å²) in [7, 11) is 0. The van der Waals surface area contributed by atoms with Gasteiger partial charge in [-0.2, -0.15) is 0 Å². The van der Waals surface area contributed by atoms with Crippen molar-refractivity contribution in [2.45, 2.75) is 19.3 Å². The predicted octanol–water partition coefficient (Wildman–Crippen LogP) is 3.04. The van der Waals surface area contributed by atoms with E-state index in [0.717, 1.165) is 5.56 Å².